The van der Waals surface area contributed by atoms with Crippen molar-refractivity contribution in [3.05, 3.63) is 82.3 Å². The van der Waals surface area contributed by atoms with Gasteiger partial charge in [0.2, 0.25) is 0 Å². The first-order valence-corrected chi connectivity index (χ1v) is 15.7. The Kier molecular flexibility index (Phi) is 9.69. The summed E-state index contributed by atoms with van der Waals surface area (Å²) in [7, 11) is -3.95. The summed E-state index contributed by atoms with van der Waals surface area (Å²) in [5, 5.41) is 0.708. The van der Waals surface area contributed by atoms with Crippen molar-refractivity contribution in [3.8, 4) is 11.5 Å². The van der Waals surface area contributed by atoms with Crippen LogP contribution in [0.1, 0.15) is 10.4 Å². The Morgan fingerprint density at radius 2 is 1.49 bits per heavy atom. The molecule has 2 aliphatic rings. The topological polar surface area (TPSA) is 91.4 Å². The summed E-state index contributed by atoms with van der Waals surface area (Å²) in [6, 6.07) is 17.5. The number of halogens is 2. The second-order valence-electron chi connectivity index (χ2n) is 9.89. The predicted molar refractivity (Wildman–Crippen MR) is 160 cm³/mol. The zero-order valence-corrected chi connectivity index (χ0v) is 24.8. The van der Waals surface area contributed by atoms with Crippen LogP contribution in [-0.2, 0) is 14.8 Å². The Morgan fingerprint density at radius 3 is 2.17 bits per heavy atom. The lowest BCUT2D eigenvalue weighted by molar-refractivity contribution is 0.0293. The Labute approximate surface area is 250 Å². The van der Waals surface area contributed by atoms with Crippen molar-refractivity contribution in [1.29, 1.82) is 0 Å². The molecule has 3 aromatic carbocycles. The number of anilines is 1. The van der Waals surface area contributed by atoms with Crippen LogP contribution in [0, 0.1) is 0 Å². The highest BCUT2D eigenvalue weighted by Gasteiger charge is 2.24. The fourth-order valence-electron chi connectivity index (χ4n) is 4.75. The third-order valence-electron chi connectivity index (χ3n) is 7.16. The van der Waals surface area contributed by atoms with E-state index >= 15 is 0 Å². The quantitative estimate of drug-likeness (QED) is 0.372. The Balaban J connectivity index is 1.17. The molecule has 9 nitrogen and oxygen atoms in total. The maximum absolute atomic E-state index is 13.2. The highest BCUT2D eigenvalue weighted by atomic mass is 35.5. The third kappa shape index (κ3) is 7.71. The van der Waals surface area contributed by atoms with Crippen molar-refractivity contribution in [2.75, 3.05) is 70.3 Å². The van der Waals surface area contributed by atoms with Crippen molar-refractivity contribution in [2.45, 2.75) is 4.90 Å². The van der Waals surface area contributed by atoms with E-state index in [1.54, 1.807) is 54.6 Å². The summed E-state index contributed by atoms with van der Waals surface area (Å²) in [6.45, 7) is 8.42. The molecule has 2 saturated heterocycles. The number of rotatable bonds is 9. The largest absolute Gasteiger partial charge is 0.455 e. The van der Waals surface area contributed by atoms with Crippen LogP contribution in [0.3, 0.4) is 0 Å². The molecule has 0 saturated carbocycles. The van der Waals surface area contributed by atoms with Crippen LogP contribution in [-0.4, -0.2) is 94.6 Å². The number of nitrogens with one attached hydrogen (secondary N) is 1. The molecule has 3 aromatic rings. The average molecular weight is 620 g/mol. The molecule has 41 heavy (non-hydrogen) atoms. The molecule has 0 bridgehead atoms. The zero-order chi connectivity index (χ0) is 28.8. The van der Waals surface area contributed by atoms with Crippen molar-refractivity contribution in [3.63, 3.8) is 0 Å². The second kappa shape index (κ2) is 13.4. The van der Waals surface area contributed by atoms with E-state index in [0.717, 1.165) is 52.5 Å². The number of piperazine rings is 1. The second-order valence-corrected chi connectivity index (χ2v) is 12.4. The Hall–Kier alpha value is -2.86. The number of sulfonamides is 1. The molecule has 0 aromatic heterocycles. The minimum Gasteiger partial charge on any atom is -0.455 e. The summed E-state index contributed by atoms with van der Waals surface area (Å²) in [6.07, 6.45) is 0. The molecule has 2 fully saturated rings. The molecule has 5 rings (SSSR count). The van der Waals surface area contributed by atoms with Gasteiger partial charge in [0, 0.05) is 64.0 Å². The monoisotopic (exact) mass is 618 g/mol. The highest BCUT2D eigenvalue weighted by Crippen LogP contribution is 2.34. The molecule has 218 valence electrons. The van der Waals surface area contributed by atoms with Gasteiger partial charge >= 0.3 is 0 Å². The lowest BCUT2D eigenvalue weighted by Gasteiger charge is -2.36. The molecule has 1 N–H and O–H groups in total. The van der Waals surface area contributed by atoms with E-state index in [2.05, 4.69) is 14.5 Å². The summed E-state index contributed by atoms with van der Waals surface area (Å²) in [4.78, 5) is 19.8. The van der Waals surface area contributed by atoms with Crippen molar-refractivity contribution in [2.24, 2.45) is 0 Å². The van der Waals surface area contributed by atoms with Gasteiger partial charge in [0.15, 0.2) is 5.75 Å². The van der Waals surface area contributed by atoms with Crippen LogP contribution in [0.25, 0.3) is 0 Å². The summed E-state index contributed by atoms with van der Waals surface area (Å²) < 4.78 is 40.2. The zero-order valence-electron chi connectivity index (χ0n) is 22.5. The average Bonchev–Trinajstić information content (AvgIpc) is 2.99. The van der Waals surface area contributed by atoms with Gasteiger partial charge in [0.25, 0.3) is 15.9 Å². The first kappa shape index (κ1) is 29.6. The van der Waals surface area contributed by atoms with E-state index in [9.17, 15) is 13.2 Å². The van der Waals surface area contributed by atoms with E-state index in [-0.39, 0.29) is 16.5 Å². The molecular formula is C29H32Cl2N4O5S. The fourth-order valence-corrected chi connectivity index (χ4v) is 6.11. The molecule has 12 heteroatoms. The number of nitrogens with zero attached hydrogens (tertiary/aromatic N) is 3. The van der Waals surface area contributed by atoms with Gasteiger partial charge in [-0.25, -0.2) is 8.42 Å². The molecule has 1 amide bonds. The lowest BCUT2D eigenvalue weighted by Crippen LogP contribution is -2.51. The number of hydrogen-bond donors (Lipinski definition) is 1. The number of amides is 1. The number of para-hydroxylation sites is 2. The van der Waals surface area contributed by atoms with Gasteiger partial charge in [0.05, 0.1) is 33.8 Å². The smallest absolute Gasteiger partial charge is 0.262 e. The number of ether oxygens (including phenoxy) is 2. The SMILES string of the molecule is O=C(c1ccc(S(=O)(=O)Nc2ccccc2Oc2ccc(Cl)c(Cl)c2)cc1)N1CCN(CCN2CCOCC2)CC1. The van der Waals surface area contributed by atoms with Crippen LogP contribution in [0.5, 0.6) is 11.5 Å². The molecule has 0 spiro atoms. The van der Waals surface area contributed by atoms with Gasteiger partial charge in [-0.15, -0.1) is 0 Å². The summed E-state index contributed by atoms with van der Waals surface area (Å²) >= 11 is 12.1. The van der Waals surface area contributed by atoms with Gasteiger partial charge in [-0.3, -0.25) is 19.3 Å². The molecule has 2 aliphatic heterocycles. The van der Waals surface area contributed by atoms with Crippen molar-refractivity contribution >= 4 is 44.8 Å². The van der Waals surface area contributed by atoms with E-state index < -0.39 is 10.0 Å². The number of morpholine rings is 1. The summed E-state index contributed by atoms with van der Waals surface area (Å²) in [5.74, 6) is 0.604. The molecular weight excluding hydrogens is 587 g/mol. The number of carbonyl (C=O) groups is 1. The number of benzene rings is 3. The Bertz CT molecular complexity index is 1460. The normalized spacial score (nSPS) is 16.9. The van der Waals surface area contributed by atoms with Gasteiger partial charge in [0.1, 0.15) is 5.75 Å². The predicted octanol–water partition coefficient (Wildman–Crippen LogP) is 4.68. The van der Waals surface area contributed by atoms with E-state index in [1.807, 2.05) is 4.90 Å². The minimum absolute atomic E-state index is 0.0336. The maximum Gasteiger partial charge on any atom is 0.262 e. The molecule has 0 unspecified atom stereocenters. The molecule has 0 aliphatic carbocycles. The molecule has 2 heterocycles. The van der Waals surface area contributed by atoms with E-state index in [0.29, 0.717) is 40.2 Å². The van der Waals surface area contributed by atoms with Crippen LogP contribution >= 0.6 is 23.2 Å². The van der Waals surface area contributed by atoms with Crippen molar-refractivity contribution < 1.29 is 22.7 Å². The first-order valence-electron chi connectivity index (χ1n) is 13.4. The maximum atomic E-state index is 13.2. The standard InChI is InChI=1S/C29H32Cl2N4O5S/c30-25-10-7-23(21-26(25)31)40-28-4-2-1-3-27(28)32-41(37,38)24-8-5-22(6-9-24)29(36)35-15-13-33(14-16-35)11-12-34-17-19-39-20-18-34/h1-10,21,32H,11-20H2. The van der Waals surface area contributed by atoms with Crippen LogP contribution in [0.15, 0.2) is 71.6 Å². The summed E-state index contributed by atoms with van der Waals surface area (Å²) in [5.41, 5.74) is 0.708. The van der Waals surface area contributed by atoms with Gasteiger partial charge < -0.3 is 14.4 Å². The minimum atomic E-state index is -3.95. The van der Waals surface area contributed by atoms with Crippen LogP contribution in [0.4, 0.5) is 5.69 Å². The number of carbonyl (C=O) groups excluding carboxylic acids is 1. The van der Waals surface area contributed by atoms with E-state index in [1.165, 1.54) is 12.1 Å². The highest BCUT2D eigenvalue weighted by molar-refractivity contribution is 7.92. The molecule has 0 atom stereocenters. The van der Waals surface area contributed by atoms with Gasteiger partial charge in [-0.1, -0.05) is 35.3 Å². The van der Waals surface area contributed by atoms with Crippen molar-refractivity contribution in [1.82, 2.24) is 14.7 Å². The third-order valence-corrected chi connectivity index (χ3v) is 9.28. The van der Waals surface area contributed by atoms with E-state index in [4.69, 9.17) is 32.7 Å². The Morgan fingerprint density at radius 1 is 0.829 bits per heavy atom. The van der Waals surface area contributed by atoms with Crippen LogP contribution in [0.2, 0.25) is 10.0 Å². The first-order chi connectivity index (χ1) is 19.8. The van der Waals surface area contributed by atoms with Crippen LogP contribution < -0.4 is 9.46 Å². The van der Waals surface area contributed by atoms with Gasteiger partial charge in [-0.2, -0.15) is 0 Å². The molecule has 0 radical (unpaired) electrons. The fraction of sp³-hybridized carbons (Fsp3) is 0.345. The number of hydrogen-bond acceptors (Lipinski definition) is 7. The van der Waals surface area contributed by atoms with Gasteiger partial charge in [-0.05, 0) is 48.5 Å². The lowest BCUT2D eigenvalue weighted by atomic mass is 10.2.